The van der Waals surface area contributed by atoms with Crippen LogP contribution >= 0.6 is 0 Å². The van der Waals surface area contributed by atoms with Crippen molar-refractivity contribution in [1.82, 2.24) is 10.2 Å². The maximum absolute atomic E-state index is 12.4. The fourth-order valence-corrected chi connectivity index (χ4v) is 3.50. The SMILES string of the molecule is CC(C)C(=O)N1CCCC(C(=O)NC2CCCC2CO)C1. The Kier molecular flexibility index (Phi) is 5.62. The van der Waals surface area contributed by atoms with Crippen molar-refractivity contribution in [1.29, 1.82) is 0 Å². The molecule has 21 heavy (non-hydrogen) atoms. The van der Waals surface area contributed by atoms with Crippen LogP contribution in [0.3, 0.4) is 0 Å². The van der Waals surface area contributed by atoms with E-state index < -0.39 is 0 Å². The van der Waals surface area contributed by atoms with Crippen LogP contribution in [0.25, 0.3) is 0 Å². The molecule has 0 aromatic heterocycles. The van der Waals surface area contributed by atoms with Gasteiger partial charge in [0.2, 0.25) is 11.8 Å². The van der Waals surface area contributed by atoms with Crippen molar-refractivity contribution in [3.63, 3.8) is 0 Å². The quantitative estimate of drug-likeness (QED) is 0.818. The van der Waals surface area contributed by atoms with Crippen LogP contribution < -0.4 is 5.32 Å². The molecule has 0 bridgehead atoms. The molecule has 0 aromatic rings. The molecular weight excluding hydrogens is 268 g/mol. The predicted molar refractivity (Wildman–Crippen MR) is 80.5 cm³/mol. The highest BCUT2D eigenvalue weighted by molar-refractivity contribution is 5.82. The number of rotatable bonds is 4. The van der Waals surface area contributed by atoms with E-state index in [1.54, 1.807) is 0 Å². The highest BCUT2D eigenvalue weighted by Gasteiger charge is 2.33. The molecule has 120 valence electrons. The summed E-state index contributed by atoms with van der Waals surface area (Å²) in [6, 6.07) is 0.110. The van der Waals surface area contributed by atoms with E-state index in [2.05, 4.69) is 5.32 Å². The lowest BCUT2D eigenvalue weighted by Crippen LogP contribution is -2.49. The number of nitrogens with zero attached hydrogens (tertiary/aromatic N) is 1. The largest absolute Gasteiger partial charge is 0.396 e. The summed E-state index contributed by atoms with van der Waals surface area (Å²) in [7, 11) is 0. The first-order valence-corrected chi connectivity index (χ1v) is 8.23. The van der Waals surface area contributed by atoms with Gasteiger partial charge in [0.15, 0.2) is 0 Å². The minimum atomic E-state index is -0.0959. The number of hydrogen-bond acceptors (Lipinski definition) is 3. The molecule has 0 radical (unpaired) electrons. The Bertz CT molecular complexity index is 384. The number of likely N-dealkylation sites (tertiary alicyclic amines) is 1. The van der Waals surface area contributed by atoms with Crippen LogP contribution in [-0.2, 0) is 9.59 Å². The molecule has 5 heteroatoms. The summed E-state index contributed by atoms with van der Waals surface area (Å²) in [5.41, 5.74) is 0. The lowest BCUT2D eigenvalue weighted by Gasteiger charge is -2.34. The Labute approximate surface area is 127 Å². The topological polar surface area (TPSA) is 69.6 Å². The van der Waals surface area contributed by atoms with Crippen molar-refractivity contribution in [3.05, 3.63) is 0 Å². The van der Waals surface area contributed by atoms with Gasteiger partial charge < -0.3 is 15.3 Å². The molecule has 5 nitrogen and oxygen atoms in total. The third-order valence-electron chi connectivity index (χ3n) is 4.82. The smallest absolute Gasteiger partial charge is 0.225 e. The van der Waals surface area contributed by atoms with Crippen molar-refractivity contribution in [2.45, 2.75) is 52.0 Å². The van der Waals surface area contributed by atoms with Gasteiger partial charge in [-0.25, -0.2) is 0 Å². The van der Waals surface area contributed by atoms with Crippen molar-refractivity contribution in [3.8, 4) is 0 Å². The van der Waals surface area contributed by atoms with Gasteiger partial charge in [0, 0.05) is 37.6 Å². The fraction of sp³-hybridized carbons (Fsp3) is 0.875. The zero-order valence-corrected chi connectivity index (χ0v) is 13.2. The second-order valence-corrected chi connectivity index (χ2v) is 6.77. The summed E-state index contributed by atoms with van der Waals surface area (Å²) in [5.74, 6) is 0.288. The van der Waals surface area contributed by atoms with Gasteiger partial charge in [-0.05, 0) is 25.7 Å². The molecule has 2 rings (SSSR count). The van der Waals surface area contributed by atoms with Gasteiger partial charge in [0.1, 0.15) is 0 Å². The highest BCUT2D eigenvalue weighted by atomic mass is 16.3. The summed E-state index contributed by atoms with van der Waals surface area (Å²) >= 11 is 0. The van der Waals surface area contributed by atoms with E-state index >= 15 is 0 Å². The van der Waals surface area contributed by atoms with Gasteiger partial charge in [0.25, 0.3) is 0 Å². The monoisotopic (exact) mass is 296 g/mol. The van der Waals surface area contributed by atoms with Gasteiger partial charge in [0.05, 0.1) is 5.92 Å². The van der Waals surface area contributed by atoms with Crippen molar-refractivity contribution >= 4 is 11.8 Å². The molecule has 1 aliphatic carbocycles. The van der Waals surface area contributed by atoms with Crippen LogP contribution in [0.5, 0.6) is 0 Å². The third kappa shape index (κ3) is 3.96. The van der Waals surface area contributed by atoms with E-state index in [9.17, 15) is 14.7 Å². The molecule has 1 saturated carbocycles. The van der Waals surface area contributed by atoms with Crippen molar-refractivity contribution in [2.24, 2.45) is 17.8 Å². The van der Waals surface area contributed by atoms with Crippen molar-refractivity contribution < 1.29 is 14.7 Å². The van der Waals surface area contributed by atoms with Crippen LogP contribution in [-0.4, -0.2) is 47.6 Å². The van der Waals surface area contributed by atoms with Crippen LogP contribution in [0.2, 0.25) is 0 Å². The molecule has 0 spiro atoms. The first kappa shape index (κ1) is 16.3. The van der Waals surface area contributed by atoms with Gasteiger partial charge in [-0.1, -0.05) is 20.3 Å². The molecule has 0 aromatic carbocycles. The van der Waals surface area contributed by atoms with E-state index in [1.165, 1.54) is 0 Å². The Morgan fingerprint density at radius 1 is 1.24 bits per heavy atom. The van der Waals surface area contributed by atoms with Crippen LogP contribution in [0.4, 0.5) is 0 Å². The first-order chi connectivity index (χ1) is 10.0. The minimum Gasteiger partial charge on any atom is -0.396 e. The Morgan fingerprint density at radius 2 is 2.00 bits per heavy atom. The van der Waals surface area contributed by atoms with Crippen LogP contribution in [0.1, 0.15) is 46.0 Å². The second kappa shape index (κ2) is 7.25. The number of amides is 2. The standard InChI is InChI=1S/C16H28N2O3/c1-11(2)16(21)18-8-4-6-12(9-18)15(20)17-14-7-3-5-13(14)10-19/h11-14,19H,3-10H2,1-2H3,(H,17,20). The number of aliphatic hydroxyl groups excluding tert-OH is 1. The highest BCUT2D eigenvalue weighted by Crippen LogP contribution is 2.26. The summed E-state index contributed by atoms with van der Waals surface area (Å²) in [5, 5.41) is 12.4. The number of carbonyl (C=O) groups excluding carboxylic acids is 2. The first-order valence-electron chi connectivity index (χ1n) is 8.23. The van der Waals surface area contributed by atoms with Gasteiger partial charge in [-0.15, -0.1) is 0 Å². The third-order valence-corrected chi connectivity index (χ3v) is 4.82. The number of hydrogen-bond donors (Lipinski definition) is 2. The number of nitrogens with one attached hydrogen (secondary N) is 1. The van der Waals surface area contributed by atoms with Crippen molar-refractivity contribution in [2.75, 3.05) is 19.7 Å². The molecule has 2 N–H and O–H groups in total. The molecule has 2 aliphatic rings. The normalized spacial score (nSPS) is 29.7. The van der Waals surface area contributed by atoms with Gasteiger partial charge in [-0.3, -0.25) is 9.59 Å². The average molecular weight is 296 g/mol. The molecule has 1 saturated heterocycles. The van der Waals surface area contributed by atoms with E-state index in [1.807, 2.05) is 18.7 Å². The minimum absolute atomic E-state index is 0.0135. The summed E-state index contributed by atoms with van der Waals surface area (Å²) in [4.78, 5) is 26.3. The number of aliphatic hydroxyl groups is 1. The lowest BCUT2D eigenvalue weighted by molar-refractivity contribution is -0.138. The summed E-state index contributed by atoms with van der Waals surface area (Å²) < 4.78 is 0. The number of piperidine rings is 1. The lowest BCUT2D eigenvalue weighted by atomic mass is 9.95. The Morgan fingerprint density at radius 3 is 2.67 bits per heavy atom. The molecule has 3 unspecified atom stereocenters. The molecular formula is C16H28N2O3. The molecule has 2 amide bonds. The average Bonchev–Trinajstić information content (AvgIpc) is 2.93. The van der Waals surface area contributed by atoms with Gasteiger partial charge in [-0.2, -0.15) is 0 Å². The molecule has 2 fully saturated rings. The molecule has 3 atom stereocenters. The zero-order valence-electron chi connectivity index (χ0n) is 13.2. The maximum Gasteiger partial charge on any atom is 0.225 e. The van der Waals surface area contributed by atoms with Gasteiger partial charge >= 0.3 is 0 Å². The number of carbonyl (C=O) groups is 2. The zero-order chi connectivity index (χ0) is 15.4. The fourth-order valence-electron chi connectivity index (χ4n) is 3.50. The Hall–Kier alpha value is -1.10. The molecule has 1 aliphatic heterocycles. The summed E-state index contributed by atoms with van der Waals surface area (Å²) in [6.07, 6.45) is 4.76. The Balaban J connectivity index is 1.88. The van der Waals surface area contributed by atoms with E-state index in [-0.39, 0.29) is 42.2 Å². The van der Waals surface area contributed by atoms with E-state index in [0.29, 0.717) is 6.54 Å². The molecule has 1 heterocycles. The van der Waals surface area contributed by atoms with E-state index in [0.717, 1.165) is 38.6 Å². The second-order valence-electron chi connectivity index (χ2n) is 6.77. The van der Waals surface area contributed by atoms with Crippen LogP contribution in [0.15, 0.2) is 0 Å². The van der Waals surface area contributed by atoms with Crippen LogP contribution in [0, 0.1) is 17.8 Å². The summed E-state index contributed by atoms with van der Waals surface area (Å²) in [6.45, 7) is 5.25. The predicted octanol–water partition coefficient (Wildman–Crippen LogP) is 1.16. The van der Waals surface area contributed by atoms with E-state index in [4.69, 9.17) is 0 Å². The maximum atomic E-state index is 12.4.